The van der Waals surface area contributed by atoms with E-state index in [9.17, 15) is 0 Å². The van der Waals surface area contributed by atoms with E-state index in [0.29, 0.717) is 19.2 Å². The van der Waals surface area contributed by atoms with Crippen LogP contribution in [-0.4, -0.2) is 56.3 Å². The number of rotatable bonds is 9. The normalized spacial score (nSPS) is 16.7. The number of aliphatic imine (C=N–C) groups is 1. The summed E-state index contributed by atoms with van der Waals surface area (Å²) in [6.45, 7) is 6.67. The zero-order valence-corrected chi connectivity index (χ0v) is 20.4. The number of likely N-dealkylation sites (tertiary alicyclic amines) is 1. The fourth-order valence-corrected chi connectivity index (χ4v) is 3.66. The Bertz CT molecular complexity index is 716. The molecule has 0 radical (unpaired) electrons. The predicted molar refractivity (Wildman–Crippen MR) is 132 cm³/mol. The Morgan fingerprint density at radius 3 is 2.63 bits per heavy atom. The SMILES string of the molecule is COCC(C)NC(=NCCc1ccco1)NC1CCN(Cc2ccccc2)CC1.I. The van der Waals surface area contributed by atoms with E-state index in [2.05, 4.69) is 52.8 Å². The molecule has 0 bridgehead atoms. The molecule has 0 aliphatic carbocycles. The van der Waals surface area contributed by atoms with Gasteiger partial charge < -0.3 is 19.8 Å². The van der Waals surface area contributed by atoms with Crippen LogP contribution in [0.15, 0.2) is 58.1 Å². The minimum atomic E-state index is 0. The van der Waals surface area contributed by atoms with E-state index in [1.54, 1.807) is 13.4 Å². The van der Waals surface area contributed by atoms with E-state index < -0.39 is 0 Å². The lowest BCUT2D eigenvalue weighted by Crippen LogP contribution is -2.51. The fraction of sp³-hybridized carbons (Fsp3) is 0.522. The van der Waals surface area contributed by atoms with E-state index >= 15 is 0 Å². The van der Waals surface area contributed by atoms with Crippen molar-refractivity contribution in [3.8, 4) is 0 Å². The number of nitrogens with one attached hydrogen (secondary N) is 2. The molecule has 0 amide bonds. The quantitative estimate of drug-likeness (QED) is 0.297. The highest BCUT2D eigenvalue weighted by Crippen LogP contribution is 2.14. The standard InChI is InChI=1S/C23H34N4O2.HI/c1-19(18-28-2)25-23(24-13-10-22-9-6-16-29-22)26-21-11-14-27(15-12-21)17-20-7-4-3-5-8-20;/h3-9,16,19,21H,10-15,17-18H2,1-2H3,(H2,24,25,26);1H. The molecule has 2 aromatic rings. The van der Waals surface area contributed by atoms with Gasteiger partial charge in [-0.1, -0.05) is 30.3 Å². The molecule has 7 heteroatoms. The van der Waals surface area contributed by atoms with Gasteiger partial charge >= 0.3 is 0 Å². The van der Waals surface area contributed by atoms with Gasteiger partial charge in [-0.2, -0.15) is 0 Å². The maximum atomic E-state index is 5.41. The molecule has 1 unspecified atom stereocenters. The highest BCUT2D eigenvalue weighted by molar-refractivity contribution is 14.0. The van der Waals surface area contributed by atoms with Crippen LogP contribution in [0.2, 0.25) is 0 Å². The van der Waals surface area contributed by atoms with Crippen LogP contribution >= 0.6 is 24.0 Å². The Balaban J connectivity index is 0.00000320. The van der Waals surface area contributed by atoms with Crippen molar-refractivity contribution in [2.24, 2.45) is 4.99 Å². The monoisotopic (exact) mass is 526 g/mol. The van der Waals surface area contributed by atoms with Crippen molar-refractivity contribution in [3.05, 3.63) is 60.1 Å². The molecule has 1 atom stereocenters. The van der Waals surface area contributed by atoms with Crippen molar-refractivity contribution in [1.29, 1.82) is 0 Å². The Kier molecular flexibility index (Phi) is 11.2. The molecule has 0 spiro atoms. The van der Waals surface area contributed by atoms with Gasteiger partial charge in [-0.15, -0.1) is 24.0 Å². The van der Waals surface area contributed by atoms with Crippen molar-refractivity contribution < 1.29 is 9.15 Å². The first-order valence-electron chi connectivity index (χ1n) is 10.6. The smallest absolute Gasteiger partial charge is 0.191 e. The third-order valence-electron chi connectivity index (χ3n) is 5.19. The molecule has 30 heavy (non-hydrogen) atoms. The van der Waals surface area contributed by atoms with Gasteiger partial charge in [-0.3, -0.25) is 9.89 Å². The van der Waals surface area contributed by atoms with Gasteiger partial charge in [0, 0.05) is 51.8 Å². The molecule has 166 valence electrons. The van der Waals surface area contributed by atoms with Crippen LogP contribution in [-0.2, 0) is 17.7 Å². The average Bonchev–Trinajstić information content (AvgIpc) is 3.24. The molecular weight excluding hydrogens is 491 g/mol. The Labute approximate surface area is 197 Å². The second-order valence-corrected chi connectivity index (χ2v) is 7.74. The van der Waals surface area contributed by atoms with Crippen molar-refractivity contribution in [2.45, 2.75) is 44.8 Å². The molecule has 6 nitrogen and oxygen atoms in total. The molecule has 1 aliphatic heterocycles. The van der Waals surface area contributed by atoms with Crippen molar-refractivity contribution in [3.63, 3.8) is 0 Å². The summed E-state index contributed by atoms with van der Waals surface area (Å²) in [5.74, 6) is 1.83. The first-order valence-corrected chi connectivity index (χ1v) is 10.6. The van der Waals surface area contributed by atoms with E-state index in [1.807, 2.05) is 12.1 Å². The molecular formula is C23H35IN4O2. The van der Waals surface area contributed by atoms with E-state index in [1.165, 1.54) is 5.56 Å². The third kappa shape index (κ3) is 8.65. The number of halogens is 1. The summed E-state index contributed by atoms with van der Waals surface area (Å²) in [5.41, 5.74) is 1.38. The highest BCUT2D eigenvalue weighted by Gasteiger charge is 2.20. The van der Waals surface area contributed by atoms with E-state index in [-0.39, 0.29) is 30.0 Å². The predicted octanol–water partition coefficient (Wildman–Crippen LogP) is 3.67. The molecule has 3 rings (SSSR count). The molecule has 1 aliphatic rings. The molecule has 1 aromatic heterocycles. The topological polar surface area (TPSA) is 62.0 Å². The number of hydrogen-bond donors (Lipinski definition) is 2. The summed E-state index contributed by atoms with van der Waals surface area (Å²) >= 11 is 0. The van der Waals surface area contributed by atoms with Gasteiger partial charge in [-0.05, 0) is 37.5 Å². The first kappa shape index (κ1) is 24.7. The van der Waals surface area contributed by atoms with Gasteiger partial charge in [0.1, 0.15) is 5.76 Å². The zero-order chi connectivity index (χ0) is 20.3. The Hall–Kier alpha value is -1.58. The minimum Gasteiger partial charge on any atom is -0.469 e. The lowest BCUT2D eigenvalue weighted by molar-refractivity contribution is 0.177. The maximum absolute atomic E-state index is 5.41. The van der Waals surface area contributed by atoms with Crippen LogP contribution in [0.4, 0.5) is 0 Å². The summed E-state index contributed by atoms with van der Waals surface area (Å²) in [7, 11) is 1.72. The van der Waals surface area contributed by atoms with Crippen LogP contribution in [0.1, 0.15) is 31.1 Å². The minimum absolute atomic E-state index is 0. The van der Waals surface area contributed by atoms with Gasteiger partial charge in [0.15, 0.2) is 5.96 Å². The van der Waals surface area contributed by atoms with E-state index in [4.69, 9.17) is 14.1 Å². The van der Waals surface area contributed by atoms with Gasteiger partial charge in [-0.25, -0.2) is 0 Å². The average molecular weight is 526 g/mol. The molecule has 2 heterocycles. The number of piperidine rings is 1. The second kappa shape index (κ2) is 13.7. The van der Waals surface area contributed by atoms with Gasteiger partial charge in [0.05, 0.1) is 12.9 Å². The maximum Gasteiger partial charge on any atom is 0.191 e. The molecule has 1 saturated heterocycles. The first-order chi connectivity index (χ1) is 14.2. The number of furan rings is 1. The summed E-state index contributed by atoms with van der Waals surface area (Å²) in [6, 6.07) is 15.3. The van der Waals surface area contributed by atoms with Crippen molar-refractivity contribution in [1.82, 2.24) is 15.5 Å². The number of ether oxygens (including phenoxy) is 1. The lowest BCUT2D eigenvalue weighted by atomic mass is 10.0. The molecule has 1 fully saturated rings. The van der Waals surface area contributed by atoms with Crippen LogP contribution in [0, 0.1) is 0 Å². The summed E-state index contributed by atoms with van der Waals surface area (Å²) in [6.07, 6.45) is 4.74. The van der Waals surface area contributed by atoms with E-state index in [0.717, 1.165) is 50.6 Å². The highest BCUT2D eigenvalue weighted by atomic mass is 127. The largest absolute Gasteiger partial charge is 0.469 e. The Morgan fingerprint density at radius 2 is 1.97 bits per heavy atom. The van der Waals surface area contributed by atoms with Crippen molar-refractivity contribution >= 4 is 29.9 Å². The number of benzene rings is 1. The number of nitrogens with zero attached hydrogens (tertiary/aromatic N) is 2. The zero-order valence-electron chi connectivity index (χ0n) is 18.0. The second-order valence-electron chi connectivity index (χ2n) is 7.74. The number of methoxy groups -OCH3 is 1. The van der Waals surface area contributed by atoms with Crippen LogP contribution in [0.5, 0.6) is 0 Å². The van der Waals surface area contributed by atoms with Crippen LogP contribution in [0.25, 0.3) is 0 Å². The van der Waals surface area contributed by atoms with Crippen LogP contribution < -0.4 is 10.6 Å². The number of guanidine groups is 1. The molecule has 1 aromatic carbocycles. The summed E-state index contributed by atoms with van der Waals surface area (Å²) in [5, 5.41) is 7.10. The van der Waals surface area contributed by atoms with Crippen molar-refractivity contribution in [2.75, 3.05) is 33.4 Å². The summed E-state index contributed by atoms with van der Waals surface area (Å²) < 4.78 is 10.7. The van der Waals surface area contributed by atoms with Gasteiger partial charge in [0.2, 0.25) is 0 Å². The number of hydrogen-bond acceptors (Lipinski definition) is 4. The summed E-state index contributed by atoms with van der Waals surface area (Å²) in [4.78, 5) is 7.30. The lowest BCUT2D eigenvalue weighted by Gasteiger charge is -2.33. The van der Waals surface area contributed by atoms with Gasteiger partial charge in [0.25, 0.3) is 0 Å². The molecule has 0 saturated carbocycles. The Morgan fingerprint density at radius 1 is 1.20 bits per heavy atom. The van der Waals surface area contributed by atoms with Crippen LogP contribution in [0.3, 0.4) is 0 Å². The third-order valence-corrected chi connectivity index (χ3v) is 5.19. The molecule has 2 N–H and O–H groups in total. The fourth-order valence-electron chi connectivity index (χ4n) is 3.66.